The number of rotatable bonds is 13. The van der Waals surface area contributed by atoms with E-state index in [2.05, 4.69) is 5.32 Å². The number of hydrogen-bond acceptors (Lipinski definition) is 7. The third kappa shape index (κ3) is 11.4. The van der Waals surface area contributed by atoms with Crippen LogP contribution in [0.1, 0.15) is 71.4 Å². The van der Waals surface area contributed by atoms with Crippen LogP contribution in [0.15, 0.2) is 60.7 Å². The van der Waals surface area contributed by atoms with Crippen molar-refractivity contribution in [2.24, 2.45) is 5.92 Å². The minimum Gasteiger partial charge on any atom is -0.461 e. The monoisotopic (exact) mass is 664 g/mol. The van der Waals surface area contributed by atoms with E-state index in [1.165, 1.54) is 23.9 Å². The van der Waals surface area contributed by atoms with Gasteiger partial charge in [-0.1, -0.05) is 74.5 Å². The first kappa shape index (κ1) is 38.0. The molecule has 262 valence electrons. The zero-order chi connectivity index (χ0) is 35.4. The fraction of sp³-hybridized carbons (Fsp3) is 0.541. The smallest absolute Gasteiger partial charge is 0.410 e. The Labute approximate surface area is 284 Å². The van der Waals surface area contributed by atoms with E-state index in [1.807, 2.05) is 60.7 Å². The van der Waals surface area contributed by atoms with Crippen LogP contribution in [0.4, 0.5) is 4.79 Å². The molecule has 0 saturated carbocycles. The Bertz CT molecular complexity index is 1370. The summed E-state index contributed by atoms with van der Waals surface area (Å²) in [5.41, 5.74) is 0.845. The molecule has 2 aromatic rings. The zero-order valence-corrected chi connectivity index (χ0v) is 29.4. The van der Waals surface area contributed by atoms with Crippen molar-refractivity contribution in [2.75, 3.05) is 27.2 Å². The van der Waals surface area contributed by atoms with Gasteiger partial charge in [0, 0.05) is 33.6 Å². The number of benzene rings is 2. The fourth-order valence-electron chi connectivity index (χ4n) is 5.74. The predicted octanol–water partition coefficient (Wildman–Crippen LogP) is 4.58. The first-order valence-corrected chi connectivity index (χ1v) is 16.7. The van der Waals surface area contributed by atoms with Crippen molar-refractivity contribution in [3.05, 3.63) is 71.8 Å². The highest BCUT2D eigenvalue weighted by atomic mass is 16.6. The molecule has 11 heteroatoms. The maximum Gasteiger partial charge on any atom is 0.410 e. The van der Waals surface area contributed by atoms with Crippen LogP contribution in [0, 0.1) is 5.92 Å². The lowest BCUT2D eigenvalue weighted by Gasteiger charge is -2.37. The molecular weight excluding hydrogens is 612 g/mol. The third-order valence-electron chi connectivity index (χ3n) is 8.27. The number of carbonyl (C=O) groups excluding carboxylic acids is 5. The van der Waals surface area contributed by atoms with Gasteiger partial charge < -0.3 is 24.6 Å². The van der Waals surface area contributed by atoms with Crippen molar-refractivity contribution < 1.29 is 33.4 Å². The normalized spacial score (nSPS) is 15.1. The van der Waals surface area contributed by atoms with Gasteiger partial charge in [0.2, 0.25) is 17.7 Å². The first-order chi connectivity index (χ1) is 22.7. The lowest BCUT2D eigenvalue weighted by molar-refractivity contribution is -0.150. The number of esters is 1. The van der Waals surface area contributed by atoms with Crippen LogP contribution < -0.4 is 5.32 Å². The largest absolute Gasteiger partial charge is 0.461 e. The van der Waals surface area contributed by atoms with Gasteiger partial charge in [0.25, 0.3) is 0 Å². The first-order valence-electron chi connectivity index (χ1n) is 16.7. The predicted molar refractivity (Wildman–Crippen MR) is 183 cm³/mol. The number of carbonyl (C=O) groups is 5. The Morgan fingerprint density at radius 2 is 1.40 bits per heavy atom. The van der Waals surface area contributed by atoms with Gasteiger partial charge in [0.1, 0.15) is 30.3 Å². The van der Waals surface area contributed by atoms with E-state index in [0.717, 1.165) is 30.4 Å². The number of hydrogen-bond donors (Lipinski definition) is 1. The molecule has 0 aromatic heterocycles. The lowest BCUT2D eigenvalue weighted by Crippen LogP contribution is -2.60. The molecule has 48 heavy (non-hydrogen) atoms. The lowest BCUT2D eigenvalue weighted by atomic mass is 9.98. The molecule has 0 radical (unpaired) electrons. The summed E-state index contributed by atoms with van der Waals surface area (Å²) in [4.78, 5) is 72.3. The Balaban J connectivity index is 1.84. The summed E-state index contributed by atoms with van der Waals surface area (Å²) in [6, 6.07) is 15.3. The molecule has 1 saturated heterocycles. The second-order valence-electron chi connectivity index (χ2n) is 13.7. The second-order valence-corrected chi connectivity index (χ2v) is 13.7. The van der Waals surface area contributed by atoms with Crippen molar-refractivity contribution in [1.82, 2.24) is 20.0 Å². The SMILES string of the molecule is CC(C)[C@@H](C(=O)N[C@@H](CC(=O)OCc1ccccc1)C(=O)N1CCCCC1)N(C)C(=O)C(Cc1ccccc1)N(C)C(=O)OC(C)(C)C. The molecule has 3 rings (SSSR count). The number of likely N-dealkylation sites (tertiary alicyclic amines) is 1. The van der Waals surface area contributed by atoms with E-state index in [4.69, 9.17) is 9.47 Å². The van der Waals surface area contributed by atoms with Gasteiger partial charge in [-0.15, -0.1) is 0 Å². The van der Waals surface area contributed by atoms with Crippen molar-refractivity contribution >= 4 is 29.8 Å². The number of piperidine rings is 1. The number of nitrogens with one attached hydrogen (secondary N) is 1. The van der Waals surface area contributed by atoms with Gasteiger partial charge in [-0.3, -0.25) is 24.1 Å². The Kier molecular flexibility index (Phi) is 14.0. The molecule has 2 aromatic carbocycles. The van der Waals surface area contributed by atoms with Gasteiger partial charge in [-0.25, -0.2) is 4.79 Å². The highest BCUT2D eigenvalue weighted by molar-refractivity contribution is 5.95. The molecule has 0 bridgehead atoms. The Morgan fingerprint density at radius 3 is 1.94 bits per heavy atom. The topological polar surface area (TPSA) is 126 Å². The van der Waals surface area contributed by atoms with Crippen molar-refractivity contribution in [3.63, 3.8) is 0 Å². The van der Waals surface area contributed by atoms with Crippen LogP contribution in [-0.2, 0) is 41.7 Å². The highest BCUT2D eigenvalue weighted by Gasteiger charge is 2.39. The summed E-state index contributed by atoms with van der Waals surface area (Å²) in [5, 5.41) is 2.80. The Morgan fingerprint density at radius 1 is 0.833 bits per heavy atom. The standard InChI is InChI=1S/C37H52N4O7/c1-26(2)32(40(7)35(45)30(23-27-17-11-8-12-18-27)39(6)36(46)48-37(3,4)5)33(43)38-29(34(44)41-21-15-10-16-22-41)24-31(42)47-25-28-19-13-9-14-20-28/h8-9,11-14,17-20,26,29-30,32H,10,15-16,21-25H2,1-7H3,(H,38,43)/t29-,30?,32-/m0/s1. The summed E-state index contributed by atoms with van der Waals surface area (Å²) in [7, 11) is 3.02. The van der Waals surface area contributed by atoms with Gasteiger partial charge in [0.15, 0.2) is 0 Å². The van der Waals surface area contributed by atoms with Gasteiger partial charge in [0.05, 0.1) is 6.42 Å². The molecule has 1 unspecified atom stereocenters. The average molecular weight is 665 g/mol. The molecule has 1 heterocycles. The van der Waals surface area contributed by atoms with E-state index >= 15 is 0 Å². The van der Waals surface area contributed by atoms with Crippen LogP contribution >= 0.6 is 0 Å². The maximum atomic E-state index is 14.2. The molecule has 1 aliphatic heterocycles. The minimum atomic E-state index is -1.17. The molecule has 11 nitrogen and oxygen atoms in total. The average Bonchev–Trinajstić information content (AvgIpc) is 3.05. The number of ether oxygens (including phenoxy) is 2. The molecule has 0 aliphatic carbocycles. The summed E-state index contributed by atoms with van der Waals surface area (Å²) in [5.74, 6) is -2.41. The van der Waals surface area contributed by atoms with Crippen LogP contribution in [0.5, 0.6) is 0 Å². The van der Waals surface area contributed by atoms with E-state index in [-0.39, 0.29) is 31.3 Å². The molecule has 1 fully saturated rings. The van der Waals surface area contributed by atoms with Crippen LogP contribution in [0.25, 0.3) is 0 Å². The molecular formula is C37H52N4O7. The number of likely N-dealkylation sites (N-methyl/N-ethyl adjacent to an activating group) is 2. The minimum absolute atomic E-state index is 0.0398. The van der Waals surface area contributed by atoms with E-state index in [1.54, 1.807) is 39.5 Å². The Hall–Kier alpha value is -4.41. The molecule has 1 N–H and O–H groups in total. The van der Waals surface area contributed by atoms with Gasteiger partial charge in [-0.2, -0.15) is 0 Å². The number of nitrogens with zero attached hydrogens (tertiary/aromatic N) is 3. The zero-order valence-electron chi connectivity index (χ0n) is 29.4. The van der Waals surface area contributed by atoms with Crippen molar-refractivity contribution in [1.29, 1.82) is 0 Å². The summed E-state index contributed by atoms with van der Waals surface area (Å²) < 4.78 is 11.0. The molecule has 0 spiro atoms. The molecule has 3 atom stereocenters. The van der Waals surface area contributed by atoms with Crippen LogP contribution in [-0.4, -0.2) is 95.4 Å². The summed E-state index contributed by atoms with van der Waals surface area (Å²) in [6.07, 6.45) is 1.85. The third-order valence-corrected chi connectivity index (χ3v) is 8.27. The van der Waals surface area contributed by atoms with Crippen molar-refractivity contribution in [3.8, 4) is 0 Å². The van der Waals surface area contributed by atoms with Crippen molar-refractivity contribution in [2.45, 2.75) is 97.1 Å². The summed E-state index contributed by atoms with van der Waals surface area (Å²) >= 11 is 0. The van der Waals surface area contributed by atoms with E-state index in [0.29, 0.717) is 13.1 Å². The maximum absolute atomic E-state index is 14.2. The number of amides is 4. The quantitative estimate of drug-likeness (QED) is 0.311. The van der Waals surface area contributed by atoms with E-state index < -0.39 is 47.6 Å². The van der Waals surface area contributed by atoms with Gasteiger partial charge >= 0.3 is 12.1 Å². The summed E-state index contributed by atoms with van der Waals surface area (Å²) in [6.45, 7) is 9.95. The van der Waals surface area contributed by atoms with Gasteiger partial charge in [-0.05, 0) is 57.1 Å². The molecule has 4 amide bonds. The highest BCUT2D eigenvalue weighted by Crippen LogP contribution is 2.20. The second kappa shape index (κ2) is 17.7. The molecule has 1 aliphatic rings. The van der Waals surface area contributed by atoms with Crippen LogP contribution in [0.3, 0.4) is 0 Å². The van der Waals surface area contributed by atoms with E-state index in [9.17, 15) is 24.0 Å². The fourth-order valence-corrected chi connectivity index (χ4v) is 5.74. The van der Waals surface area contributed by atoms with Crippen LogP contribution in [0.2, 0.25) is 0 Å².